The molecule has 5 rings (SSSR count). The lowest BCUT2D eigenvalue weighted by Crippen LogP contribution is -2.31. The molecule has 1 atom stereocenters. The van der Waals surface area contributed by atoms with E-state index < -0.39 is 0 Å². The van der Waals surface area contributed by atoms with E-state index >= 15 is 0 Å². The van der Waals surface area contributed by atoms with Gasteiger partial charge in [0, 0.05) is 19.3 Å². The van der Waals surface area contributed by atoms with E-state index in [-0.39, 0.29) is 17.6 Å². The maximum atomic E-state index is 13.7. The van der Waals surface area contributed by atoms with Gasteiger partial charge in [-0.05, 0) is 61.0 Å². The van der Waals surface area contributed by atoms with E-state index in [4.69, 9.17) is 21.1 Å². The van der Waals surface area contributed by atoms with Crippen LogP contribution in [0.15, 0.2) is 78.4 Å². The molecule has 1 aliphatic heterocycles. The first kappa shape index (κ1) is 22.7. The molecule has 0 radical (unpaired) electrons. The van der Waals surface area contributed by atoms with Crippen LogP contribution in [0.4, 0.5) is 0 Å². The average molecular weight is 491 g/mol. The minimum atomic E-state index is -0.217. The molecule has 35 heavy (non-hydrogen) atoms. The van der Waals surface area contributed by atoms with Gasteiger partial charge in [0.2, 0.25) is 5.91 Å². The quantitative estimate of drug-likeness (QED) is 0.369. The number of likely N-dealkylation sites (tertiary alicyclic amines) is 1. The van der Waals surface area contributed by atoms with Crippen LogP contribution in [0.5, 0.6) is 17.2 Å². The molecule has 0 bridgehead atoms. The van der Waals surface area contributed by atoms with Gasteiger partial charge in [-0.3, -0.25) is 18.9 Å². The number of imidazole rings is 1. The smallest absolute Gasteiger partial charge is 0.334 e. The standard InChI is InChI=1S/C26H23ClN4O4/c1-3-25(32)29-13-11-18(16-29)31-22-10-12-28-15-23(22)30(26(31)33)17-4-9-24(21(27)14-17)35-20-7-5-19(34-2)6-8-20/h3-10,12,14-15,18H,1,11,13,16H2,2H3. The van der Waals surface area contributed by atoms with Crippen molar-refractivity contribution >= 4 is 28.5 Å². The first-order chi connectivity index (χ1) is 17.0. The Morgan fingerprint density at radius 2 is 1.91 bits per heavy atom. The SMILES string of the molecule is C=CC(=O)N1CCC(n2c(=O)n(-c3ccc(Oc4ccc(OC)cc4)c(Cl)c3)c3cnccc32)C1. The van der Waals surface area contributed by atoms with Crippen LogP contribution < -0.4 is 15.2 Å². The molecule has 1 unspecified atom stereocenters. The van der Waals surface area contributed by atoms with Gasteiger partial charge in [-0.25, -0.2) is 4.79 Å². The molecule has 1 aliphatic rings. The summed E-state index contributed by atoms with van der Waals surface area (Å²) in [6.45, 7) is 4.58. The van der Waals surface area contributed by atoms with Gasteiger partial charge in [-0.15, -0.1) is 0 Å². The minimum Gasteiger partial charge on any atom is -0.497 e. The molecule has 8 nitrogen and oxygen atoms in total. The molecule has 2 aromatic heterocycles. The maximum Gasteiger partial charge on any atom is 0.334 e. The monoisotopic (exact) mass is 490 g/mol. The number of fused-ring (bicyclic) bond motifs is 1. The number of nitrogens with zero attached hydrogens (tertiary/aromatic N) is 4. The number of carbonyl (C=O) groups is 1. The highest BCUT2D eigenvalue weighted by atomic mass is 35.5. The number of amides is 1. The fourth-order valence-corrected chi connectivity index (χ4v) is 4.65. The molecule has 2 aromatic carbocycles. The van der Waals surface area contributed by atoms with Gasteiger partial charge >= 0.3 is 5.69 Å². The normalized spacial score (nSPS) is 15.4. The van der Waals surface area contributed by atoms with Crippen molar-refractivity contribution in [1.29, 1.82) is 0 Å². The second-order valence-corrected chi connectivity index (χ2v) is 8.58. The predicted molar refractivity (Wildman–Crippen MR) is 134 cm³/mol. The van der Waals surface area contributed by atoms with Crippen LogP contribution in [0.2, 0.25) is 5.02 Å². The number of ether oxygens (including phenoxy) is 2. The average Bonchev–Trinajstić information content (AvgIpc) is 3.47. The molecule has 1 saturated heterocycles. The van der Waals surface area contributed by atoms with E-state index in [1.165, 1.54) is 6.08 Å². The van der Waals surface area contributed by atoms with E-state index in [2.05, 4.69) is 11.6 Å². The Kier molecular flexibility index (Phi) is 6.05. The highest BCUT2D eigenvalue weighted by Gasteiger charge is 2.30. The minimum absolute atomic E-state index is 0.134. The van der Waals surface area contributed by atoms with Crippen LogP contribution in [-0.4, -0.2) is 45.1 Å². The molecule has 0 spiro atoms. The van der Waals surface area contributed by atoms with E-state index in [1.807, 2.05) is 6.07 Å². The summed E-state index contributed by atoms with van der Waals surface area (Å²) in [5.74, 6) is 1.66. The highest BCUT2D eigenvalue weighted by molar-refractivity contribution is 6.32. The lowest BCUT2D eigenvalue weighted by molar-refractivity contribution is -0.125. The number of methoxy groups -OCH3 is 1. The predicted octanol–water partition coefficient (Wildman–Crippen LogP) is 4.60. The third-order valence-electron chi connectivity index (χ3n) is 6.15. The maximum absolute atomic E-state index is 13.7. The highest BCUT2D eigenvalue weighted by Crippen LogP contribution is 2.33. The third kappa shape index (κ3) is 4.17. The summed E-state index contributed by atoms with van der Waals surface area (Å²) in [6, 6.07) is 14.0. The van der Waals surface area contributed by atoms with Crippen molar-refractivity contribution < 1.29 is 14.3 Å². The summed E-state index contributed by atoms with van der Waals surface area (Å²) < 4.78 is 14.4. The summed E-state index contributed by atoms with van der Waals surface area (Å²) in [6.07, 6.45) is 5.29. The largest absolute Gasteiger partial charge is 0.497 e. The Balaban J connectivity index is 1.51. The fourth-order valence-electron chi connectivity index (χ4n) is 4.44. The number of hydrogen-bond acceptors (Lipinski definition) is 5. The van der Waals surface area contributed by atoms with Crippen LogP contribution in [-0.2, 0) is 4.79 Å². The molecular weight excluding hydrogens is 468 g/mol. The zero-order valence-corrected chi connectivity index (χ0v) is 19.8. The van der Waals surface area contributed by atoms with Gasteiger partial charge < -0.3 is 14.4 Å². The zero-order chi connectivity index (χ0) is 24.5. The van der Waals surface area contributed by atoms with Crippen LogP contribution in [0.3, 0.4) is 0 Å². The van der Waals surface area contributed by atoms with E-state index in [0.29, 0.717) is 47.2 Å². The molecule has 1 amide bonds. The number of hydrogen-bond donors (Lipinski definition) is 0. The van der Waals surface area contributed by atoms with Gasteiger partial charge in [0.1, 0.15) is 17.2 Å². The van der Waals surface area contributed by atoms with Gasteiger partial charge in [0.25, 0.3) is 0 Å². The number of pyridine rings is 1. The second-order valence-electron chi connectivity index (χ2n) is 8.18. The van der Waals surface area contributed by atoms with Crippen molar-refractivity contribution in [3.05, 3.63) is 89.1 Å². The fraction of sp³-hybridized carbons (Fsp3) is 0.192. The Bertz CT molecular complexity index is 1480. The van der Waals surface area contributed by atoms with Crippen molar-refractivity contribution in [3.8, 4) is 22.9 Å². The second kappa shape index (κ2) is 9.31. The third-order valence-corrected chi connectivity index (χ3v) is 6.45. The number of aromatic nitrogens is 3. The lowest BCUT2D eigenvalue weighted by atomic mass is 10.2. The van der Waals surface area contributed by atoms with Gasteiger partial charge in [0.15, 0.2) is 0 Å². The van der Waals surface area contributed by atoms with Crippen molar-refractivity contribution in [2.24, 2.45) is 0 Å². The molecule has 0 saturated carbocycles. The Morgan fingerprint density at radius 3 is 2.63 bits per heavy atom. The molecule has 4 aromatic rings. The number of carbonyl (C=O) groups excluding carboxylic acids is 1. The zero-order valence-electron chi connectivity index (χ0n) is 19.1. The molecule has 1 fully saturated rings. The van der Waals surface area contributed by atoms with Crippen molar-refractivity contribution in [2.45, 2.75) is 12.5 Å². The topological polar surface area (TPSA) is 78.6 Å². The molecule has 0 N–H and O–H groups in total. The van der Waals surface area contributed by atoms with E-state index in [0.717, 1.165) is 11.3 Å². The lowest BCUT2D eigenvalue weighted by Gasteiger charge is -2.15. The summed E-state index contributed by atoms with van der Waals surface area (Å²) >= 11 is 6.55. The molecule has 0 aliphatic carbocycles. The number of rotatable bonds is 6. The molecule has 3 heterocycles. The first-order valence-corrected chi connectivity index (χ1v) is 11.5. The van der Waals surface area contributed by atoms with Crippen molar-refractivity contribution in [3.63, 3.8) is 0 Å². The van der Waals surface area contributed by atoms with E-state index in [9.17, 15) is 9.59 Å². The van der Waals surface area contributed by atoms with Gasteiger partial charge in [-0.2, -0.15) is 0 Å². The van der Waals surface area contributed by atoms with Crippen molar-refractivity contribution in [1.82, 2.24) is 19.0 Å². The molecular formula is C26H23ClN4O4. The van der Waals surface area contributed by atoms with Crippen LogP contribution in [0.25, 0.3) is 16.7 Å². The van der Waals surface area contributed by atoms with Crippen molar-refractivity contribution in [2.75, 3.05) is 20.2 Å². The van der Waals surface area contributed by atoms with E-state index in [1.54, 1.807) is 76.0 Å². The Labute approximate surface area is 206 Å². The van der Waals surface area contributed by atoms with Crippen LogP contribution in [0, 0.1) is 0 Å². The number of halogens is 1. The Morgan fingerprint density at radius 1 is 1.14 bits per heavy atom. The summed E-state index contributed by atoms with van der Waals surface area (Å²) in [5, 5.41) is 0.360. The summed E-state index contributed by atoms with van der Waals surface area (Å²) in [4.78, 5) is 31.7. The molecule has 9 heteroatoms. The number of benzene rings is 2. The summed E-state index contributed by atoms with van der Waals surface area (Å²) in [5.41, 5.74) is 1.78. The summed E-state index contributed by atoms with van der Waals surface area (Å²) in [7, 11) is 1.60. The van der Waals surface area contributed by atoms with Gasteiger partial charge in [-0.1, -0.05) is 18.2 Å². The Hall–Kier alpha value is -4.04. The molecule has 178 valence electrons. The van der Waals surface area contributed by atoms with Crippen LogP contribution >= 0.6 is 11.6 Å². The first-order valence-electron chi connectivity index (χ1n) is 11.1. The van der Waals surface area contributed by atoms with Gasteiger partial charge in [0.05, 0.1) is 41.1 Å². The van der Waals surface area contributed by atoms with Crippen LogP contribution in [0.1, 0.15) is 12.5 Å².